The van der Waals surface area contributed by atoms with Gasteiger partial charge >= 0.3 is 0 Å². The quantitative estimate of drug-likeness (QED) is 0.757. The first kappa shape index (κ1) is 13.1. The summed E-state index contributed by atoms with van der Waals surface area (Å²) in [5.41, 5.74) is -0.967. The van der Waals surface area contributed by atoms with Crippen molar-refractivity contribution in [3.8, 4) is 0 Å². The molecule has 0 atom stereocenters. The number of halogens is 2. The van der Waals surface area contributed by atoms with Gasteiger partial charge in [0.2, 0.25) is 0 Å². The van der Waals surface area contributed by atoms with E-state index in [1.807, 2.05) is 0 Å². The summed E-state index contributed by atoms with van der Waals surface area (Å²) in [7, 11) is 0. The van der Waals surface area contributed by atoms with Crippen molar-refractivity contribution in [2.75, 3.05) is 0 Å². The molecule has 0 aliphatic rings. The number of hydrogen-bond donors (Lipinski definition) is 1. The molecule has 0 aliphatic carbocycles. The molecule has 0 unspecified atom stereocenters. The van der Waals surface area contributed by atoms with Gasteiger partial charge in [-0.1, -0.05) is 6.07 Å². The highest BCUT2D eigenvalue weighted by molar-refractivity contribution is 5.70. The molecule has 0 radical (unpaired) electrons. The van der Waals surface area contributed by atoms with Gasteiger partial charge in [-0.25, -0.2) is 23.4 Å². The number of aromatic nitrogens is 4. The Bertz CT molecular complexity index is 949. The van der Waals surface area contributed by atoms with Gasteiger partial charge in [0.05, 0.1) is 6.54 Å². The van der Waals surface area contributed by atoms with E-state index in [0.29, 0.717) is 5.56 Å². The van der Waals surface area contributed by atoms with Crippen molar-refractivity contribution < 1.29 is 8.78 Å². The van der Waals surface area contributed by atoms with E-state index in [-0.39, 0.29) is 17.6 Å². The van der Waals surface area contributed by atoms with Crippen LogP contribution in [0.2, 0.25) is 0 Å². The number of nitrogens with zero attached hydrogens (tertiary/aromatic N) is 3. The average Bonchev–Trinajstić information content (AvgIpc) is 2.48. The van der Waals surface area contributed by atoms with Gasteiger partial charge < -0.3 is 0 Å². The summed E-state index contributed by atoms with van der Waals surface area (Å²) in [6, 6.07) is 3.24. The third kappa shape index (κ3) is 2.31. The molecule has 1 N–H and O–H groups in total. The standard InChI is InChI=1S/C13H8F2N4O2/c14-8-2-1-7(5-9(8)15)6-19-13(21)11-10(12(20)18-19)16-3-4-17-11/h1-5H,6H2,(H,18,20). The number of rotatable bonds is 2. The minimum absolute atomic E-state index is 0.0657. The second-order valence-corrected chi connectivity index (χ2v) is 4.33. The molecule has 6 nitrogen and oxygen atoms in total. The van der Waals surface area contributed by atoms with Crippen LogP contribution >= 0.6 is 0 Å². The summed E-state index contributed by atoms with van der Waals surface area (Å²) < 4.78 is 27.0. The molecule has 0 spiro atoms. The van der Waals surface area contributed by atoms with Gasteiger partial charge in [0, 0.05) is 12.4 Å². The van der Waals surface area contributed by atoms with Crippen LogP contribution in [-0.2, 0) is 6.54 Å². The smallest absolute Gasteiger partial charge is 0.266 e. The van der Waals surface area contributed by atoms with Gasteiger partial charge in [0.1, 0.15) is 0 Å². The van der Waals surface area contributed by atoms with E-state index in [1.54, 1.807) is 0 Å². The molecule has 0 saturated heterocycles. The van der Waals surface area contributed by atoms with Crippen LogP contribution in [-0.4, -0.2) is 19.7 Å². The Labute approximate surface area is 115 Å². The van der Waals surface area contributed by atoms with E-state index in [4.69, 9.17) is 0 Å². The van der Waals surface area contributed by atoms with Gasteiger partial charge in [-0.05, 0) is 17.7 Å². The third-order valence-electron chi connectivity index (χ3n) is 2.92. The minimum atomic E-state index is -1.02. The Hall–Kier alpha value is -2.90. The van der Waals surface area contributed by atoms with Crippen molar-refractivity contribution in [1.29, 1.82) is 0 Å². The summed E-state index contributed by atoms with van der Waals surface area (Å²) in [5.74, 6) is -2.01. The predicted molar refractivity (Wildman–Crippen MR) is 69.9 cm³/mol. The molecule has 0 aliphatic heterocycles. The maximum atomic E-state index is 13.2. The van der Waals surface area contributed by atoms with E-state index in [1.165, 1.54) is 18.5 Å². The molecule has 2 heterocycles. The number of fused-ring (bicyclic) bond motifs is 1. The summed E-state index contributed by atoms with van der Waals surface area (Å²) >= 11 is 0. The Morgan fingerprint density at radius 2 is 1.76 bits per heavy atom. The molecular formula is C13H8F2N4O2. The number of aromatic amines is 1. The van der Waals surface area contributed by atoms with Gasteiger partial charge in [-0.3, -0.25) is 14.7 Å². The van der Waals surface area contributed by atoms with Crippen LogP contribution in [0.4, 0.5) is 8.78 Å². The van der Waals surface area contributed by atoms with Crippen LogP contribution in [0.1, 0.15) is 5.56 Å². The first-order valence-electron chi connectivity index (χ1n) is 5.94. The van der Waals surface area contributed by atoms with E-state index in [9.17, 15) is 18.4 Å². The van der Waals surface area contributed by atoms with Crippen LogP contribution < -0.4 is 11.1 Å². The fraction of sp³-hybridized carbons (Fsp3) is 0.0769. The Morgan fingerprint density at radius 3 is 2.48 bits per heavy atom. The lowest BCUT2D eigenvalue weighted by molar-refractivity contribution is 0.505. The second-order valence-electron chi connectivity index (χ2n) is 4.33. The molecule has 0 amide bonds. The zero-order valence-electron chi connectivity index (χ0n) is 10.5. The minimum Gasteiger partial charge on any atom is -0.266 e. The van der Waals surface area contributed by atoms with E-state index in [2.05, 4.69) is 15.1 Å². The molecule has 1 aromatic carbocycles. The van der Waals surface area contributed by atoms with Crippen LogP contribution in [0.5, 0.6) is 0 Å². The zero-order valence-corrected chi connectivity index (χ0v) is 10.5. The molecule has 0 saturated carbocycles. The van der Waals surface area contributed by atoms with E-state index < -0.39 is 22.8 Å². The molecule has 3 aromatic rings. The lowest BCUT2D eigenvalue weighted by Crippen LogP contribution is -2.31. The Balaban J connectivity index is 2.13. The molecule has 0 bridgehead atoms. The van der Waals surface area contributed by atoms with E-state index in [0.717, 1.165) is 16.8 Å². The maximum Gasteiger partial charge on any atom is 0.293 e. The Kier molecular flexibility index (Phi) is 3.05. The predicted octanol–water partition coefficient (Wildman–Crippen LogP) is 0.806. The van der Waals surface area contributed by atoms with Crippen LogP contribution in [0.3, 0.4) is 0 Å². The summed E-state index contributed by atoms with van der Waals surface area (Å²) in [4.78, 5) is 31.6. The van der Waals surface area contributed by atoms with Crippen molar-refractivity contribution in [3.63, 3.8) is 0 Å². The molecule has 3 rings (SSSR count). The fourth-order valence-corrected chi connectivity index (χ4v) is 1.95. The van der Waals surface area contributed by atoms with Crippen molar-refractivity contribution >= 4 is 11.0 Å². The molecule has 106 valence electrons. The summed E-state index contributed by atoms with van der Waals surface area (Å²) in [6.45, 7) is -0.113. The number of H-pyrrole nitrogens is 1. The highest BCUT2D eigenvalue weighted by atomic mass is 19.2. The van der Waals surface area contributed by atoms with Crippen LogP contribution in [0, 0.1) is 11.6 Å². The first-order valence-corrected chi connectivity index (χ1v) is 5.94. The van der Waals surface area contributed by atoms with Gasteiger partial charge in [0.25, 0.3) is 11.1 Å². The molecule has 2 aromatic heterocycles. The summed E-state index contributed by atoms with van der Waals surface area (Å²) in [5, 5.41) is 2.33. The van der Waals surface area contributed by atoms with Crippen molar-refractivity contribution in [2.24, 2.45) is 0 Å². The van der Waals surface area contributed by atoms with Crippen molar-refractivity contribution in [1.82, 2.24) is 19.7 Å². The van der Waals surface area contributed by atoms with Crippen molar-refractivity contribution in [3.05, 3.63) is 68.5 Å². The van der Waals surface area contributed by atoms with Gasteiger partial charge in [-0.15, -0.1) is 0 Å². The zero-order chi connectivity index (χ0) is 15.0. The molecule has 0 fully saturated rings. The van der Waals surface area contributed by atoms with Gasteiger partial charge in [-0.2, -0.15) is 0 Å². The van der Waals surface area contributed by atoms with Crippen molar-refractivity contribution in [2.45, 2.75) is 6.54 Å². The largest absolute Gasteiger partial charge is 0.293 e. The molecule has 8 heteroatoms. The van der Waals surface area contributed by atoms with E-state index >= 15 is 0 Å². The SMILES string of the molecule is O=c1[nH]n(Cc2ccc(F)c(F)c2)c(=O)c2nccnc12. The lowest BCUT2D eigenvalue weighted by atomic mass is 10.2. The maximum absolute atomic E-state index is 13.2. The monoisotopic (exact) mass is 290 g/mol. The normalized spacial score (nSPS) is 11.0. The topological polar surface area (TPSA) is 80.6 Å². The first-order chi connectivity index (χ1) is 10.1. The fourth-order valence-electron chi connectivity index (χ4n) is 1.95. The highest BCUT2D eigenvalue weighted by Gasteiger charge is 2.10. The lowest BCUT2D eigenvalue weighted by Gasteiger charge is -2.06. The average molecular weight is 290 g/mol. The van der Waals surface area contributed by atoms with Crippen LogP contribution in [0.25, 0.3) is 11.0 Å². The third-order valence-corrected chi connectivity index (χ3v) is 2.92. The number of nitrogens with one attached hydrogen (secondary N) is 1. The Morgan fingerprint density at radius 1 is 1.05 bits per heavy atom. The number of benzene rings is 1. The van der Waals surface area contributed by atoms with Gasteiger partial charge in [0.15, 0.2) is 22.7 Å². The second kappa shape index (κ2) is 4.89. The summed E-state index contributed by atoms with van der Waals surface area (Å²) in [6.07, 6.45) is 2.60. The van der Waals surface area contributed by atoms with Crippen LogP contribution in [0.15, 0.2) is 40.2 Å². The molecular weight excluding hydrogens is 282 g/mol. The molecule has 21 heavy (non-hydrogen) atoms. The highest BCUT2D eigenvalue weighted by Crippen LogP contribution is 2.09. The number of hydrogen-bond acceptors (Lipinski definition) is 4.